The molecule has 222 valence electrons. The number of likely N-dealkylation sites (tertiary alicyclic amines) is 1. The lowest BCUT2D eigenvalue weighted by Crippen LogP contribution is -2.61. The lowest BCUT2D eigenvalue weighted by molar-refractivity contribution is -0.0571. The Balaban J connectivity index is 1.43. The molecule has 1 aliphatic carbocycles. The first-order valence-corrected chi connectivity index (χ1v) is 14.5. The number of primary amides is 1. The van der Waals surface area contributed by atoms with E-state index < -0.39 is 41.6 Å². The Morgan fingerprint density at radius 3 is 2.62 bits per heavy atom. The molecule has 4 aromatic rings. The number of hydrogen-bond acceptors (Lipinski definition) is 5. The summed E-state index contributed by atoms with van der Waals surface area (Å²) in [6, 6.07) is 6.08. The van der Waals surface area contributed by atoms with E-state index in [0.29, 0.717) is 22.3 Å². The number of ether oxygens (including phenoxy) is 1. The molecule has 42 heavy (non-hydrogen) atoms. The number of fused-ring (bicyclic) bond motifs is 2. The van der Waals surface area contributed by atoms with Gasteiger partial charge in [-0.25, -0.2) is 23.1 Å². The van der Waals surface area contributed by atoms with Crippen LogP contribution in [0.1, 0.15) is 56.0 Å². The van der Waals surface area contributed by atoms with Crippen LogP contribution < -0.4 is 5.73 Å². The third kappa shape index (κ3) is 5.08. The molecule has 0 bridgehead atoms. The maximum Gasteiger partial charge on any atom is 0.404 e. The molecule has 2 aliphatic rings. The Hall–Kier alpha value is -3.73. The fraction of sp³-hybridized carbons (Fsp3) is 0.467. The predicted molar refractivity (Wildman–Crippen MR) is 155 cm³/mol. The van der Waals surface area contributed by atoms with Gasteiger partial charge in [0.05, 0.1) is 23.8 Å². The van der Waals surface area contributed by atoms with Crippen LogP contribution >= 0.6 is 11.6 Å². The van der Waals surface area contributed by atoms with Gasteiger partial charge in [-0.3, -0.25) is 4.79 Å². The van der Waals surface area contributed by atoms with Crippen molar-refractivity contribution >= 4 is 40.2 Å². The number of nitrogens with two attached hydrogens (primary N) is 1. The second kappa shape index (κ2) is 10.2. The van der Waals surface area contributed by atoms with Crippen LogP contribution in [0.15, 0.2) is 30.5 Å². The normalized spacial score (nSPS) is 21.3. The molecule has 12 heteroatoms. The number of carbonyl (C=O) groups is 2. The summed E-state index contributed by atoms with van der Waals surface area (Å²) in [5, 5.41) is 6.02. The first-order valence-electron chi connectivity index (χ1n) is 14.1. The summed E-state index contributed by atoms with van der Waals surface area (Å²) in [5.74, 6) is -0.692. The van der Waals surface area contributed by atoms with Crippen LogP contribution in [0.4, 0.5) is 13.6 Å². The highest BCUT2D eigenvalue weighted by Gasteiger charge is 2.47. The molecular weight excluding hydrogens is 566 g/mol. The van der Waals surface area contributed by atoms with Crippen LogP contribution in [0.25, 0.3) is 27.9 Å². The molecule has 0 aromatic carbocycles. The molecule has 9 nitrogen and oxygen atoms in total. The van der Waals surface area contributed by atoms with Gasteiger partial charge in [0.25, 0.3) is 5.91 Å². The molecule has 2 N–H and O–H groups in total. The summed E-state index contributed by atoms with van der Waals surface area (Å²) in [6.07, 6.45) is 0.198. The summed E-state index contributed by atoms with van der Waals surface area (Å²) < 4.78 is 39.3. The van der Waals surface area contributed by atoms with Crippen molar-refractivity contribution < 1.29 is 23.1 Å². The van der Waals surface area contributed by atoms with Crippen molar-refractivity contribution in [2.24, 2.45) is 17.1 Å². The van der Waals surface area contributed by atoms with Gasteiger partial charge in [-0.05, 0) is 55.4 Å². The molecule has 4 aromatic heterocycles. The number of hydrogen-bond donors (Lipinski definition) is 1. The summed E-state index contributed by atoms with van der Waals surface area (Å²) in [7, 11) is 0. The largest absolute Gasteiger partial charge is 0.444 e. The monoisotopic (exact) mass is 598 g/mol. The van der Waals surface area contributed by atoms with Gasteiger partial charge in [0.2, 0.25) is 0 Å². The van der Waals surface area contributed by atoms with E-state index in [4.69, 9.17) is 27.2 Å². The minimum Gasteiger partial charge on any atom is -0.444 e. The molecule has 5 heterocycles. The van der Waals surface area contributed by atoms with Crippen molar-refractivity contribution in [1.29, 1.82) is 0 Å². The molecular formula is C30H33ClF2N6O3. The van der Waals surface area contributed by atoms with E-state index in [1.807, 2.05) is 32.9 Å². The summed E-state index contributed by atoms with van der Waals surface area (Å²) in [4.78, 5) is 31.3. The highest BCUT2D eigenvalue weighted by molar-refractivity contribution is 6.29. The van der Waals surface area contributed by atoms with E-state index >= 15 is 4.39 Å². The Kier molecular flexibility index (Phi) is 6.91. The number of amides is 2. The SMILES string of the molecule is Cc1c(-c2cc3ccc(Cl)nc3n2CC2CC2)nn2cc(C(=O)N3C[C@H](F)C[C@@H](OC(N)=O)C3C(C)(C)C)cc(F)c12. The van der Waals surface area contributed by atoms with E-state index in [-0.39, 0.29) is 24.0 Å². The van der Waals surface area contributed by atoms with Gasteiger partial charge in [-0.1, -0.05) is 32.4 Å². The lowest BCUT2D eigenvalue weighted by atomic mass is 9.78. The number of aromatic nitrogens is 4. The lowest BCUT2D eigenvalue weighted by Gasteiger charge is -2.47. The smallest absolute Gasteiger partial charge is 0.404 e. The van der Waals surface area contributed by atoms with Crippen molar-refractivity contribution in [3.63, 3.8) is 0 Å². The van der Waals surface area contributed by atoms with Crippen LogP contribution in [-0.4, -0.2) is 60.9 Å². The van der Waals surface area contributed by atoms with Crippen LogP contribution in [-0.2, 0) is 11.3 Å². The van der Waals surface area contributed by atoms with Crippen molar-refractivity contribution in [2.45, 2.75) is 71.8 Å². The number of halogens is 3. The topological polar surface area (TPSA) is 108 Å². The molecule has 0 spiro atoms. The summed E-state index contributed by atoms with van der Waals surface area (Å²) in [6.45, 7) is 7.91. The van der Waals surface area contributed by atoms with Crippen molar-refractivity contribution in [2.75, 3.05) is 6.54 Å². The van der Waals surface area contributed by atoms with Crippen LogP contribution in [0, 0.1) is 24.1 Å². The molecule has 1 saturated carbocycles. The zero-order chi connectivity index (χ0) is 30.1. The van der Waals surface area contributed by atoms with Gasteiger partial charge in [-0.15, -0.1) is 0 Å². The standard InChI is InChI=1S/C30H33ClF2N6O3/c1-15-24(21-10-17-7-8-23(31)35-27(17)37(21)12-16-5-6-16)36-39-13-18(9-20(33)25(15)39)28(40)38-14-19(32)11-22(42-29(34)41)26(38)30(2,3)4/h7-10,13,16,19,22,26H,5-6,11-12,14H2,1-4H3,(H2,34,41)/t19-,22-,26?/m1/s1. The average Bonchev–Trinajstić information content (AvgIpc) is 3.56. The Morgan fingerprint density at radius 1 is 1.21 bits per heavy atom. The van der Waals surface area contributed by atoms with Gasteiger partial charge in [0, 0.05) is 30.1 Å². The first kappa shape index (κ1) is 28.4. The molecule has 1 unspecified atom stereocenters. The van der Waals surface area contributed by atoms with Gasteiger partial charge in [0.1, 0.15) is 40.1 Å². The average molecular weight is 599 g/mol. The highest BCUT2D eigenvalue weighted by atomic mass is 35.5. The predicted octanol–water partition coefficient (Wildman–Crippen LogP) is 5.92. The Morgan fingerprint density at radius 2 is 1.95 bits per heavy atom. The van der Waals surface area contributed by atoms with Crippen molar-refractivity contribution in [3.8, 4) is 11.4 Å². The molecule has 1 aliphatic heterocycles. The fourth-order valence-corrected chi connectivity index (χ4v) is 6.46. The zero-order valence-electron chi connectivity index (χ0n) is 23.9. The number of aryl methyl sites for hydroxylation is 1. The van der Waals surface area contributed by atoms with E-state index in [1.54, 1.807) is 13.0 Å². The molecule has 3 atom stereocenters. The van der Waals surface area contributed by atoms with Gasteiger partial charge in [-0.2, -0.15) is 5.10 Å². The van der Waals surface area contributed by atoms with E-state index in [1.165, 1.54) is 15.6 Å². The maximum atomic E-state index is 15.8. The van der Waals surface area contributed by atoms with Crippen LogP contribution in [0.5, 0.6) is 0 Å². The molecule has 2 amide bonds. The quantitative estimate of drug-likeness (QED) is 0.287. The fourth-order valence-electron chi connectivity index (χ4n) is 6.32. The second-order valence-corrected chi connectivity index (χ2v) is 12.9. The molecule has 2 fully saturated rings. The minimum absolute atomic E-state index is 0.00203. The number of rotatable bonds is 5. The van der Waals surface area contributed by atoms with Gasteiger partial charge < -0.3 is 19.9 Å². The number of pyridine rings is 2. The third-order valence-electron chi connectivity index (χ3n) is 8.24. The van der Waals surface area contributed by atoms with Crippen LogP contribution in [0.3, 0.4) is 0 Å². The number of alkyl halides is 1. The van der Waals surface area contributed by atoms with E-state index in [9.17, 15) is 14.0 Å². The molecule has 1 saturated heterocycles. The van der Waals surface area contributed by atoms with Crippen LogP contribution in [0.2, 0.25) is 5.15 Å². The summed E-state index contributed by atoms with van der Waals surface area (Å²) >= 11 is 6.22. The third-order valence-corrected chi connectivity index (χ3v) is 8.45. The Bertz CT molecular complexity index is 1720. The molecule has 6 rings (SSSR count). The van der Waals surface area contributed by atoms with E-state index in [2.05, 4.69) is 9.55 Å². The highest BCUT2D eigenvalue weighted by Crippen LogP contribution is 2.38. The Labute approximate surface area is 246 Å². The zero-order valence-corrected chi connectivity index (χ0v) is 24.7. The number of piperidine rings is 1. The summed E-state index contributed by atoms with van der Waals surface area (Å²) in [5.41, 5.74) is 7.61. The second-order valence-electron chi connectivity index (χ2n) is 12.6. The van der Waals surface area contributed by atoms with Crippen molar-refractivity contribution in [3.05, 3.63) is 52.6 Å². The molecule has 0 radical (unpaired) electrons. The van der Waals surface area contributed by atoms with Gasteiger partial charge >= 0.3 is 6.09 Å². The number of nitrogens with zero attached hydrogens (tertiary/aromatic N) is 5. The first-order chi connectivity index (χ1) is 19.8. The van der Waals surface area contributed by atoms with E-state index in [0.717, 1.165) is 42.2 Å². The van der Waals surface area contributed by atoms with Crippen molar-refractivity contribution in [1.82, 2.24) is 24.1 Å². The maximum absolute atomic E-state index is 15.8. The van der Waals surface area contributed by atoms with Gasteiger partial charge in [0.15, 0.2) is 0 Å². The minimum atomic E-state index is -1.44. The number of carbonyl (C=O) groups excluding carboxylic acids is 2.